The van der Waals surface area contributed by atoms with E-state index in [9.17, 15) is 5.11 Å². The monoisotopic (exact) mass is 207 g/mol. The molecule has 3 heteroatoms. The summed E-state index contributed by atoms with van der Waals surface area (Å²) in [5.74, 6) is 0.878. The van der Waals surface area contributed by atoms with Crippen molar-refractivity contribution in [3.05, 3.63) is 29.3 Å². The van der Waals surface area contributed by atoms with E-state index >= 15 is 0 Å². The standard InChI is InChI=1S/C12H17NO2/c1-8-3-4-9(2)11(5-8)15-12-7-13-6-10(12)14/h3-5,10,12-14H,6-7H2,1-2H3/t10-,12-/m1/s1. The van der Waals surface area contributed by atoms with Crippen molar-refractivity contribution in [2.24, 2.45) is 0 Å². The maximum atomic E-state index is 9.62. The molecule has 1 saturated heterocycles. The summed E-state index contributed by atoms with van der Waals surface area (Å²) in [5, 5.41) is 12.7. The minimum atomic E-state index is -0.398. The molecule has 0 saturated carbocycles. The summed E-state index contributed by atoms with van der Waals surface area (Å²) in [6, 6.07) is 6.12. The first-order chi connectivity index (χ1) is 7.16. The van der Waals surface area contributed by atoms with Crippen LogP contribution in [0, 0.1) is 13.8 Å². The SMILES string of the molecule is Cc1ccc(C)c(O[C@@H]2CNC[C@H]2O)c1. The molecule has 15 heavy (non-hydrogen) atoms. The highest BCUT2D eigenvalue weighted by Gasteiger charge is 2.26. The molecule has 2 rings (SSSR count). The zero-order valence-electron chi connectivity index (χ0n) is 9.16. The van der Waals surface area contributed by atoms with E-state index in [1.807, 2.05) is 26.0 Å². The Morgan fingerprint density at radius 1 is 1.33 bits per heavy atom. The van der Waals surface area contributed by atoms with Gasteiger partial charge in [0.05, 0.1) is 0 Å². The number of rotatable bonds is 2. The van der Waals surface area contributed by atoms with Crippen molar-refractivity contribution in [2.45, 2.75) is 26.1 Å². The maximum absolute atomic E-state index is 9.62. The second kappa shape index (κ2) is 4.21. The van der Waals surface area contributed by atoms with Crippen LogP contribution in [0.3, 0.4) is 0 Å². The van der Waals surface area contributed by atoms with Gasteiger partial charge in [-0.3, -0.25) is 0 Å². The predicted octanol–water partition coefficient (Wildman–Crippen LogP) is 1.01. The molecular weight excluding hydrogens is 190 g/mol. The summed E-state index contributed by atoms with van der Waals surface area (Å²) < 4.78 is 5.79. The van der Waals surface area contributed by atoms with Crippen molar-refractivity contribution in [2.75, 3.05) is 13.1 Å². The van der Waals surface area contributed by atoms with Crippen LogP contribution in [0.1, 0.15) is 11.1 Å². The van der Waals surface area contributed by atoms with E-state index in [1.165, 1.54) is 5.56 Å². The van der Waals surface area contributed by atoms with Gasteiger partial charge in [-0.15, -0.1) is 0 Å². The molecule has 82 valence electrons. The van der Waals surface area contributed by atoms with Gasteiger partial charge in [-0.05, 0) is 31.0 Å². The number of aryl methyl sites for hydroxylation is 2. The maximum Gasteiger partial charge on any atom is 0.138 e. The van der Waals surface area contributed by atoms with Gasteiger partial charge in [0.25, 0.3) is 0 Å². The van der Waals surface area contributed by atoms with Gasteiger partial charge < -0.3 is 15.2 Å². The molecule has 0 unspecified atom stereocenters. The van der Waals surface area contributed by atoms with Gasteiger partial charge in [0.15, 0.2) is 0 Å². The number of nitrogens with one attached hydrogen (secondary N) is 1. The Bertz CT molecular complexity index is 351. The zero-order valence-corrected chi connectivity index (χ0v) is 9.16. The Morgan fingerprint density at radius 2 is 2.13 bits per heavy atom. The van der Waals surface area contributed by atoms with E-state index in [1.54, 1.807) is 0 Å². The molecule has 1 aliphatic heterocycles. The first kappa shape index (κ1) is 10.5. The molecule has 0 spiro atoms. The highest BCUT2D eigenvalue weighted by molar-refractivity contribution is 5.36. The van der Waals surface area contributed by atoms with Gasteiger partial charge in [0.2, 0.25) is 0 Å². The van der Waals surface area contributed by atoms with Crippen molar-refractivity contribution in [3.63, 3.8) is 0 Å². The van der Waals surface area contributed by atoms with Crippen LogP contribution in [-0.2, 0) is 0 Å². The molecular formula is C12H17NO2. The number of benzene rings is 1. The fraction of sp³-hybridized carbons (Fsp3) is 0.500. The van der Waals surface area contributed by atoms with Crippen LogP contribution in [0.25, 0.3) is 0 Å². The van der Waals surface area contributed by atoms with Gasteiger partial charge >= 0.3 is 0 Å². The first-order valence-corrected chi connectivity index (χ1v) is 5.29. The average molecular weight is 207 g/mol. The van der Waals surface area contributed by atoms with Gasteiger partial charge in [0.1, 0.15) is 18.0 Å². The number of ether oxygens (including phenoxy) is 1. The zero-order chi connectivity index (χ0) is 10.8. The Labute approximate surface area is 90.1 Å². The van der Waals surface area contributed by atoms with Crippen LogP contribution in [-0.4, -0.2) is 30.4 Å². The quantitative estimate of drug-likeness (QED) is 0.760. The Kier molecular flexibility index (Phi) is 2.93. The normalized spacial score (nSPS) is 25.5. The topological polar surface area (TPSA) is 41.5 Å². The van der Waals surface area contributed by atoms with Gasteiger partial charge in [-0.2, -0.15) is 0 Å². The Hall–Kier alpha value is -1.06. The van der Waals surface area contributed by atoms with Gasteiger partial charge in [0, 0.05) is 13.1 Å². The number of β-amino-alcohol motifs (C(OH)–C–C–N with tert-alkyl or cyclic N) is 1. The van der Waals surface area contributed by atoms with Crippen LogP contribution in [0.2, 0.25) is 0 Å². The van der Waals surface area contributed by atoms with Crippen molar-refractivity contribution >= 4 is 0 Å². The lowest BCUT2D eigenvalue weighted by atomic mass is 10.1. The highest BCUT2D eigenvalue weighted by atomic mass is 16.5. The molecule has 2 atom stereocenters. The number of hydrogen-bond acceptors (Lipinski definition) is 3. The summed E-state index contributed by atoms with van der Waals surface area (Å²) in [6.45, 7) is 5.39. The summed E-state index contributed by atoms with van der Waals surface area (Å²) in [5.41, 5.74) is 2.29. The smallest absolute Gasteiger partial charge is 0.138 e. The first-order valence-electron chi connectivity index (χ1n) is 5.29. The summed E-state index contributed by atoms with van der Waals surface area (Å²) >= 11 is 0. The van der Waals surface area contributed by atoms with Crippen LogP contribution in [0.4, 0.5) is 0 Å². The molecule has 2 N–H and O–H groups in total. The van der Waals surface area contributed by atoms with Gasteiger partial charge in [-0.1, -0.05) is 12.1 Å². The molecule has 0 bridgehead atoms. The minimum absolute atomic E-state index is 0.120. The number of aliphatic hydroxyl groups excluding tert-OH is 1. The Morgan fingerprint density at radius 3 is 2.80 bits per heavy atom. The molecule has 1 heterocycles. The predicted molar refractivity (Wildman–Crippen MR) is 59.2 cm³/mol. The molecule has 1 aliphatic rings. The van der Waals surface area contributed by atoms with E-state index in [2.05, 4.69) is 11.4 Å². The lowest BCUT2D eigenvalue weighted by molar-refractivity contribution is 0.0733. The number of aliphatic hydroxyl groups is 1. The summed E-state index contributed by atoms with van der Waals surface area (Å²) in [7, 11) is 0. The van der Waals surface area contributed by atoms with Crippen LogP contribution in [0.15, 0.2) is 18.2 Å². The lowest BCUT2D eigenvalue weighted by Crippen LogP contribution is -2.30. The van der Waals surface area contributed by atoms with E-state index in [0.717, 1.165) is 11.3 Å². The van der Waals surface area contributed by atoms with Crippen LogP contribution in [0.5, 0.6) is 5.75 Å². The Balaban J connectivity index is 2.12. The number of hydrogen-bond donors (Lipinski definition) is 2. The molecule has 1 fully saturated rings. The molecule has 0 aliphatic carbocycles. The lowest BCUT2D eigenvalue weighted by Gasteiger charge is -2.18. The molecule has 0 amide bonds. The van der Waals surface area contributed by atoms with Crippen molar-refractivity contribution in [1.29, 1.82) is 0 Å². The third-order valence-electron chi connectivity index (χ3n) is 2.75. The third-order valence-corrected chi connectivity index (χ3v) is 2.75. The molecule has 1 aromatic rings. The van der Waals surface area contributed by atoms with Gasteiger partial charge in [-0.25, -0.2) is 0 Å². The van der Waals surface area contributed by atoms with Crippen molar-refractivity contribution in [3.8, 4) is 5.75 Å². The molecule has 1 aromatic carbocycles. The molecule has 3 nitrogen and oxygen atoms in total. The highest BCUT2D eigenvalue weighted by Crippen LogP contribution is 2.21. The van der Waals surface area contributed by atoms with Crippen LogP contribution >= 0.6 is 0 Å². The third kappa shape index (κ3) is 2.30. The fourth-order valence-electron chi connectivity index (χ4n) is 1.76. The van der Waals surface area contributed by atoms with E-state index in [-0.39, 0.29) is 6.10 Å². The largest absolute Gasteiger partial charge is 0.486 e. The average Bonchev–Trinajstić information content (AvgIpc) is 2.58. The molecule has 0 aromatic heterocycles. The van der Waals surface area contributed by atoms with Crippen molar-refractivity contribution < 1.29 is 9.84 Å². The van der Waals surface area contributed by atoms with E-state index < -0.39 is 6.10 Å². The van der Waals surface area contributed by atoms with Crippen molar-refractivity contribution in [1.82, 2.24) is 5.32 Å². The fourth-order valence-corrected chi connectivity index (χ4v) is 1.76. The summed E-state index contributed by atoms with van der Waals surface area (Å²) in [6.07, 6.45) is -0.518. The molecule has 0 radical (unpaired) electrons. The van der Waals surface area contributed by atoms with E-state index in [4.69, 9.17) is 4.74 Å². The second-order valence-corrected chi connectivity index (χ2v) is 4.15. The second-order valence-electron chi connectivity index (χ2n) is 4.15. The minimum Gasteiger partial charge on any atom is -0.486 e. The van der Waals surface area contributed by atoms with Crippen LogP contribution < -0.4 is 10.1 Å². The summed E-state index contributed by atoms with van der Waals surface area (Å²) in [4.78, 5) is 0. The van der Waals surface area contributed by atoms with E-state index in [0.29, 0.717) is 13.1 Å².